The second-order valence-corrected chi connectivity index (χ2v) is 6.48. The molecular formula is C4H15NNaO10P2-3. The molecule has 0 saturated heterocycles. The summed E-state index contributed by atoms with van der Waals surface area (Å²) >= 11 is 0. The van der Waals surface area contributed by atoms with Gasteiger partial charge in [0.15, 0.2) is 0 Å². The van der Waals surface area contributed by atoms with Crippen molar-refractivity contribution < 1.29 is 79.8 Å². The quantitative estimate of drug-likeness (QED) is 0.361. The van der Waals surface area contributed by atoms with Crippen LogP contribution in [0.1, 0.15) is 12.8 Å². The maximum absolute atomic E-state index is 10.4. The predicted octanol–water partition coefficient (Wildman–Crippen LogP) is -9.27. The molecule has 0 bridgehead atoms. The molecule has 18 heavy (non-hydrogen) atoms. The standard InChI is InChI=1S/C4H13NO7P2.Na.3H2O/c5-3-1-2-4(6,13(7,8)9)14(10,11)12;;;;/h6H,1-3,5H2,(H2,7,8,9)(H2,10,11,12);;3*1H2/q;+1;;;/p-4. The van der Waals surface area contributed by atoms with E-state index >= 15 is 0 Å². The second kappa shape index (κ2) is 10.8. The molecule has 0 aliphatic carbocycles. The number of aliphatic hydroxyl groups is 1. The summed E-state index contributed by atoms with van der Waals surface area (Å²) in [6.45, 7) is -0.150. The van der Waals surface area contributed by atoms with Crippen molar-refractivity contribution in [3.8, 4) is 0 Å². The van der Waals surface area contributed by atoms with Crippen LogP contribution in [0.4, 0.5) is 0 Å². The third kappa shape index (κ3) is 7.63. The SMILES string of the molecule is NCCCC(O)(P(=O)([O-])[O-])P(=O)([O-])[O-].O.O.O.[Na+]. The molecule has 0 radical (unpaired) electrons. The minimum absolute atomic E-state index is 0. The average molecular weight is 322 g/mol. The van der Waals surface area contributed by atoms with Gasteiger partial charge in [0.2, 0.25) is 0 Å². The van der Waals surface area contributed by atoms with Crippen LogP contribution in [0, 0.1) is 0 Å². The Labute approximate surface area is 125 Å². The van der Waals surface area contributed by atoms with Crippen LogP contribution in [0.5, 0.6) is 0 Å². The fraction of sp³-hybridized carbons (Fsp3) is 1.00. The van der Waals surface area contributed by atoms with E-state index in [-0.39, 0.29) is 59.0 Å². The van der Waals surface area contributed by atoms with Crippen LogP contribution in [0.3, 0.4) is 0 Å². The van der Waals surface area contributed by atoms with Crippen molar-refractivity contribution >= 4 is 15.2 Å². The molecule has 0 spiro atoms. The molecule has 0 aliphatic rings. The van der Waals surface area contributed by atoms with Crippen molar-refractivity contribution in [1.82, 2.24) is 0 Å². The van der Waals surface area contributed by atoms with E-state index in [0.29, 0.717) is 0 Å². The topological polar surface area (TPSA) is 267 Å². The molecule has 0 aromatic heterocycles. The molecule has 0 amide bonds. The summed E-state index contributed by atoms with van der Waals surface area (Å²) in [7, 11) is -11.9. The van der Waals surface area contributed by atoms with E-state index in [1.54, 1.807) is 0 Å². The summed E-state index contributed by atoms with van der Waals surface area (Å²) < 4.78 is 20.8. The van der Waals surface area contributed by atoms with Gasteiger partial charge >= 0.3 is 29.6 Å². The number of hydrogen-bond acceptors (Lipinski definition) is 8. The maximum Gasteiger partial charge on any atom is 1.00 e. The van der Waals surface area contributed by atoms with E-state index in [4.69, 9.17) is 10.8 Å². The van der Waals surface area contributed by atoms with E-state index in [1.165, 1.54) is 0 Å². The van der Waals surface area contributed by atoms with Gasteiger partial charge in [0.05, 0.1) is 0 Å². The van der Waals surface area contributed by atoms with Gasteiger partial charge in [-0.05, 0) is 34.6 Å². The Hall–Kier alpha value is 1.10. The average Bonchev–Trinajstić information content (AvgIpc) is 1.95. The third-order valence-corrected chi connectivity index (χ3v) is 5.26. The van der Waals surface area contributed by atoms with Crippen LogP contribution >= 0.6 is 15.2 Å². The normalized spacial score (nSPS) is 11.2. The molecule has 0 aromatic rings. The molecule has 0 unspecified atom stereocenters. The summed E-state index contributed by atoms with van der Waals surface area (Å²) in [4.78, 5) is 41.7. The van der Waals surface area contributed by atoms with Crippen LogP contribution < -0.4 is 54.9 Å². The number of hydrogen-bond donors (Lipinski definition) is 2. The van der Waals surface area contributed by atoms with E-state index in [9.17, 15) is 28.7 Å². The van der Waals surface area contributed by atoms with Crippen molar-refractivity contribution in [1.29, 1.82) is 0 Å². The maximum atomic E-state index is 10.4. The van der Waals surface area contributed by atoms with E-state index in [2.05, 4.69) is 0 Å². The molecule has 0 aromatic carbocycles. The van der Waals surface area contributed by atoms with Crippen LogP contribution in [0.2, 0.25) is 0 Å². The minimum atomic E-state index is -5.93. The minimum Gasteiger partial charge on any atom is -0.808 e. The van der Waals surface area contributed by atoms with Gasteiger partial charge in [0.1, 0.15) is 5.08 Å². The Bertz CT molecular complexity index is 266. The van der Waals surface area contributed by atoms with Crippen molar-refractivity contribution in [2.75, 3.05) is 6.54 Å². The Morgan fingerprint density at radius 2 is 1.28 bits per heavy atom. The largest absolute Gasteiger partial charge is 1.00 e. The molecule has 0 heterocycles. The van der Waals surface area contributed by atoms with Gasteiger partial charge < -0.3 is 56.0 Å². The molecule has 9 N–H and O–H groups in total. The second-order valence-electron chi connectivity index (χ2n) is 2.66. The molecule has 0 atom stereocenters. The van der Waals surface area contributed by atoms with Gasteiger partial charge in [-0.3, -0.25) is 0 Å². The zero-order chi connectivity index (χ0) is 11.6. The van der Waals surface area contributed by atoms with Gasteiger partial charge in [-0.2, -0.15) is 0 Å². The first kappa shape index (κ1) is 31.5. The molecule has 0 aliphatic heterocycles. The fourth-order valence-corrected chi connectivity index (χ4v) is 2.83. The number of nitrogens with two attached hydrogens (primary N) is 1. The Balaban J connectivity index is -0.000000141. The van der Waals surface area contributed by atoms with E-state index in [1.807, 2.05) is 0 Å². The summed E-state index contributed by atoms with van der Waals surface area (Å²) in [5.41, 5.74) is 4.92. The van der Waals surface area contributed by atoms with E-state index in [0.717, 1.165) is 0 Å². The summed E-state index contributed by atoms with van der Waals surface area (Å²) in [6, 6.07) is 0. The summed E-state index contributed by atoms with van der Waals surface area (Å²) in [5, 5.41) is 5.22. The van der Waals surface area contributed by atoms with Crippen LogP contribution in [0.25, 0.3) is 0 Å². The Kier molecular flexibility index (Phi) is 18.9. The Morgan fingerprint density at radius 1 is 1.00 bits per heavy atom. The molecule has 11 nitrogen and oxygen atoms in total. The van der Waals surface area contributed by atoms with Crippen LogP contribution in [-0.2, 0) is 9.13 Å². The molecule has 0 rings (SSSR count). The first-order chi connectivity index (χ1) is 6.06. The van der Waals surface area contributed by atoms with Crippen molar-refractivity contribution in [2.24, 2.45) is 5.73 Å². The van der Waals surface area contributed by atoms with Crippen molar-refractivity contribution in [2.45, 2.75) is 17.9 Å². The fourth-order valence-electron chi connectivity index (χ4n) is 0.763. The van der Waals surface area contributed by atoms with Gasteiger partial charge in [0, 0.05) is 0 Å². The molecular weight excluding hydrogens is 307 g/mol. The molecule has 110 valence electrons. The molecule has 0 saturated carbocycles. The molecule has 0 fully saturated rings. The van der Waals surface area contributed by atoms with Crippen LogP contribution in [-0.4, -0.2) is 33.2 Å². The van der Waals surface area contributed by atoms with Gasteiger partial charge in [-0.25, -0.2) is 0 Å². The molecule has 14 heteroatoms. The van der Waals surface area contributed by atoms with Crippen molar-refractivity contribution in [3.05, 3.63) is 0 Å². The summed E-state index contributed by atoms with van der Waals surface area (Å²) in [6.07, 6.45) is -1.27. The monoisotopic (exact) mass is 322 g/mol. The van der Waals surface area contributed by atoms with Crippen molar-refractivity contribution in [3.63, 3.8) is 0 Å². The smallest absolute Gasteiger partial charge is 0.808 e. The predicted molar refractivity (Wildman–Crippen MR) is 49.3 cm³/mol. The zero-order valence-electron chi connectivity index (χ0n) is 9.49. The third-order valence-electron chi connectivity index (χ3n) is 1.59. The first-order valence-electron chi connectivity index (χ1n) is 3.53. The van der Waals surface area contributed by atoms with Gasteiger partial charge in [-0.1, -0.05) is 0 Å². The van der Waals surface area contributed by atoms with Gasteiger partial charge in [-0.15, -0.1) is 0 Å². The first-order valence-corrected chi connectivity index (χ1v) is 6.61. The Morgan fingerprint density at radius 3 is 1.44 bits per heavy atom. The zero-order valence-corrected chi connectivity index (χ0v) is 13.3. The van der Waals surface area contributed by atoms with Crippen LogP contribution in [0.15, 0.2) is 0 Å². The summed E-state index contributed by atoms with van der Waals surface area (Å²) in [5.74, 6) is 0. The van der Waals surface area contributed by atoms with E-state index < -0.39 is 26.7 Å². The number of rotatable bonds is 5. The van der Waals surface area contributed by atoms with Gasteiger partial charge in [0.25, 0.3) is 0 Å².